The van der Waals surface area contributed by atoms with Crippen LogP contribution >= 0.6 is 0 Å². The van der Waals surface area contributed by atoms with Gasteiger partial charge in [0.15, 0.2) is 0 Å². The number of amides is 1. The average Bonchev–Trinajstić information content (AvgIpc) is 2.63. The lowest BCUT2D eigenvalue weighted by Crippen LogP contribution is -2.24. The van der Waals surface area contributed by atoms with Crippen molar-refractivity contribution < 1.29 is 4.79 Å². The van der Waals surface area contributed by atoms with Crippen LogP contribution in [-0.2, 0) is 0 Å². The predicted molar refractivity (Wildman–Crippen MR) is 101 cm³/mol. The van der Waals surface area contributed by atoms with Crippen molar-refractivity contribution in [2.24, 2.45) is 0 Å². The highest BCUT2D eigenvalue weighted by Gasteiger charge is 2.15. The fraction of sp³-hybridized carbons (Fsp3) is 0.450. The minimum Gasteiger partial charge on any atom is -0.351 e. The van der Waals surface area contributed by atoms with E-state index in [1.165, 1.54) is 24.8 Å². The molecule has 1 amide bonds. The van der Waals surface area contributed by atoms with Crippen molar-refractivity contribution in [1.29, 1.82) is 0 Å². The molecule has 0 unspecified atom stereocenters. The Morgan fingerprint density at radius 3 is 2.48 bits per heavy atom. The zero-order valence-corrected chi connectivity index (χ0v) is 15.0. The molecule has 5 heteroatoms. The number of benzene rings is 1. The molecular formula is C20H26N4O. The van der Waals surface area contributed by atoms with E-state index in [-0.39, 0.29) is 5.91 Å². The maximum absolute atomic E-state index is 12.4. The van der Waals surface area contributed by atoms with Gasteiger partial charge in [0.1, 0.15) is 5.69 Å². The first-order chi connectivity index (χ1) is 12.1. The van der Waals surface area contributed by atoms with Crippen LogP contribution in [0.4, 0.5) is 11.6 Å². The van der Waals surface area contributed by atoms with Crippen LogP contribution in [0.15, 0.2) is 36.5 Å². The standard InChI is InChI=1S/C20H26N4O/c1-14(2)15-8-10-17(11-9-15)22-19(25)18-12-13-21-20(24-18)23-16-6-4-3-5-7-16/h8-14,16H,3-7H2,1-2H3,(H,22,25)(H,21,23,24). The van der Waals surface area contributed by atoms with E-state index in [1.807, 2.05) is 24.3 Å². The molecule has 0 aliphatic heterocycles. The summed E-state index contributed by atoms with van der Waals surface area (Å²) in [5.74, 6) is 0.793. The van der Waals surface area contributed by atoms with Crippen molar-refractivity contribution in [3.05, 3.63) is 47.8 Å². The molecule has 132 valence electrons. The van der Waals surface area contributed by atoms with Crippen molar-refractivity contribution >= 4 is 17.5 Å². The Balaban J connectivity index is 1.64. The van der Waals surface area contributed by atoms with E-state index >= 15 is 0 Å². The van der Waals surface area contributed by atoms with Crippen molar-refractivity contribution in [2.75, 3.05) is 10.6 Å². The first-order valence-corrected chi connectivity index (χ1v) is 9.13. The summed E-state index contributed by atoms with van der Waals surface area (Å²) in [4.78, 5) is 21.1. The largest absolute Gasteiger partial charge is 0.351 e. The Bertz CT molecular complexity index is 706. The molecule has 0 atom stereocenters. The van der Waals surface area contributed by atoms with Gasteiger partial charge in [-0.25, -0.2) is 9.97 Å². The highest BCUT2D eigenvalue weighted by Crippen LogP contribution is 2.20. The summed E-state index contributed by atoms with van der Waals surface area (Å²) >= 11 is 0. The summed E-state index contributed by atoms with van der Waals surface area (Å²) in [7, 11) is 0. The van der Waals surface area contributed by atoms with Gasteiger partial charge in [-0.05, 0) is 42.5 Å². The quantitative estimate of drug-likeness (QED) is 0.836. The van der Waals surface area contributed by atoms with Crippen LogP contribution in [0.25, 0.3) is 0 Å². The third-order valence-corrected chi connectivity index (χ3v) is 4.66. The van der Waals surface area contributed by atoms with Gasteiger partial charge < -0.3 is 10.6 Å². The van der Waals surface area contributed by atoms with Crippen molar-refractivity contribution in [1.82, 2.24) is 9.97 Å². The second kappa shape index (κ2) is 8.10. The molecule has 0 radical (unpaired) electrons. The first kappa shape index (κ1) is 17.4. The Morgan fingerprint density at radius 1 is 1.08 bits per heavy atom. The van der Waals surface area contributed by atoms with E-state index in [0.717, 1.165) is 18.5 Å². The van der Waals surface area contributed by atoms with Gasteiger partial charge in [-0.15, -0.1) is 0 Å². The fourth-order valence-electron chi connectivity index (χ4n) is 3.13. The lowest BCUT2D eigenvalue weighted by molar-refractivity contribution is 0.102. The average molecular weight is 338 g/mol. The number of hydrogen-bond acceptors (Lipinski definition) is 4. The minimum atomic E-state index is -0.216. The molecule has 25 heavy (non-hydrogen) atoms. The van der Waals surface area contributed by atoms with E-state index < -0.39 is 0 Å². The van der Waals surface area contributed by atoms with Gasteiger partial charge in [0.25, 0.3) is 5.91 Å². The molecule has 1 aliphatic rings. The predicted octanol–water partition coefficient (Wildman–Crippen LogP) is 4.60. The second-order valence-electron chi connectivity index (χ2n) is 6.98. The maximum Gasteiger partial charge on any atom is 0.274 e. The van der Waals surface area contributed by atoms with Crippen molar-refractivity contribution in [2.45, 2.75) is 57.9 Å². The van der Waals surface area contributed by atoms with Gasteiger partial charge in [0, 0.05) is 17.9 Å². The Hall–Kier alpha value is -2.43. The van der Waals surface area contributed by atoms with Crippen LogP contribution in [0.2, 0.25) is 0 Å². The molecule has 0 bridgehead atoms. The number of carbonyl (C=O) groups is 1. The molecule has 1 heterocycles. The molecule has 1 aromatic heterocycles. The number of rotatable bonds is 5. The number of nitrogens with zero attached hydrogens (tertiary/aromatic N) is 2. The Kier molecular flexibility index (Phi) is 5.64. The third-order valence-electron chi connectivity index (χ3n) is 4.66. The molecule has 2 aromatic rings. The number of hydrogen-bond donors (Lipinski definition) is 2. The topological polar surface area (TPSA) is 66.9 Å². The van der Waals surface area contributed by atoms with Gasteiger partial charge in [0.05, 0.1) is 0 Å². The molecule has 1 aliphatic carbocycles. The molecule has 2 N–H and O–H groups in total. The summed E-state index contributed by atoms with van der Waals surface area (Å²) < 4.78 is 0. The molecule has 1 fully saturated rings. The van der Waals surface area contributed by atoms with Crippen LogP contribution in [0, 0.1) is 0 Å². The van der Waals surface area contributed by atoms with Crippen molar-refractivity contribution in [3.63, 3.8) is 0 Å². The van der Waals surface area contributed by atoms with Gasteiger partial charge in [-0.3, -0.25) is 4.79 Å². The first-order valence-electron chi connectivity index (χ1n) is 9.13. The van der Waals surface area contributed by atoms with Crippen LogP contribution in [0.1, 0.15) is 67.9 Å². The van der Waals surface area contributed by atoms with Gasteiger partial charge >= 0.3 is 0 Å². The zero-order chi connectivity index (χ0) is 17.6. The molecule has 1 aromatic carbocycles. The smallest absolute Gasteiger partial charge is 0.274 e. The summed E-state index contributed by atoms with van der Waals surface area (Å²) in [5.41, 5.74) is 2.40. The second-order valence-corrected chi connectivity index (χ2v) is 6.98. The molecular weight excluding hydrogens is 312 g/mol. The molecule has 5 nitrogen and oxygen atoms in total. The summed E-state index contributed by atoms with van der Waals surface area (Å²) in [6, 6.07) is 9.98. The van der Waals surface area contributed by atoms with Crippen molar-refractivity contribution in [3.8, 4) is 0 Å². The Labute approximate surface area is 149 Å². The molecule has 0 saturated heterocycles. The van der Waals surface area contributed by atoms with E-state index in [0.29, 0.717) is 23.6 Å². The maximum atomic E-state index is 12.4. The number of aromatic nitrogens is 2. The Morgan fingerprint density at radius 2 is 1.80 bits per heavy atom. The minimum absolute atomic E-state index is 0.216. The zero-order valence-electron chi connectivity index (χ0n) is 15.0. The van der Waals surface area contributed by atoms with Crippen LogP contribution < -0.4 is 10.6 Å². The number of carbonyl (C=O) groups excluding carboxylic acids is 1. The van der Waals surface area contributed by atoms with Crippen LogP contribution in [-0.4, -0.2) is 21.9 Å². The summed E-state index contributed by atoms with van der Waals surface area (Å²) in [6.07, 6.45) is 7.70. The van der Waals surface area contributed by atoms with Gasteiger partial charge in [-0.1, -0.05) is 45.2 Å². The SMILES string of the molecule is CC(C)c1ccc(NC(=O)c2ccnc(NC3CCCCC3)n2)cc1. The normalized spacial score (nSPS) is 15.2. The van der Waals surface area contributed by atoms with Crippen LogP contribution in [0.5, 0.6) is 0 Å². The number of nitrogens with one attached hydrogen (secondary N) is 2. The fourth-order valence-corrected chi connectivity index (χ4v) is 3.13. The molecule has 3 rings (SSSR count). The highest BCUT2D eigenvalue weighted by atomic mass is 16.1. The lowest BCUT2D eigenvalue weighted by atomic mass is 9.96. The number of anilines is 2. The van der Waals surface area contributed by atoms with E-state index in [1.54, 1.807) is 12.3 Å². The van der Waals surface area contributed by atoms with Gasteiger partial charge in [0.2, 0.25) is 5.95 Å². The van der Waals surface area contributed by atoms with E-state index in [2.05, 4.69) is 34.4 Å². The molecule has 0 spiro atoms. The van der Waals surface area contributed by atoms with E-state index in [9.17, 15) is 4.79 Å². The monoisotopic (exact) mass is 338 g/mol. The third kappa shape index (κ3) is 4.78. The lowest BCUT2D eigenvalue weighted by Gasteiger charge is -2.22. The van der Waals surface area contributed by atoms with Gasteiger partial charge in [-0.2, -0.15) is 0 Å². The summed E-state index contributed by atoms with van der Waals surface area (Å²) in [6.45, 7) is 4.30. The summed E-state index contributed by atoms with van der Waals surface area (Å²) in [5, 5.41) is 6.26. The van der Waals surface area contributed by atoms with Crippen LogP contribution in [0.3, 0.4) is 0 Å². The molecule has 1 saturated carbocycles. The van der Waals surface area contributed by atoms with E-state index in [4.69, 9.17) is 0 Å². The highest BCUT2D eigenvalue weighted by molar-refractivity contribution is 6.02.